The molecule has 3 aromatic rings. The van der Waals surface area contributed by atoms with Crippen molar-refractivity contribution in [2.24, 2.45) is 0 Å². The Morgan fingerprint density at radius 3 is 1.92 bits per heavy atom. The lowest BCUT2D eigenvalue weighted by Gasteiger charge is -2.17. The van der Waals surface area contributed by atoms with Crippen LogP contribution in [0.4, 0.5) is 0 Å². The van der Waals surface area contributed by atoms with Crippen molar-refractivity contribution in [1.82, 2.24) is 4.90 Å². The molecule has 25 heavy (non-hydrogen) atoms. The van der Waals surface area contributed by atoms with E-state index in [0.29, 0.717) is 13.0 Å². The molecule has 0 saturated heterocycles. The van der Waals surface area contributed by atoms with Gasteiger partial charge in [-0.25, -0.2) is 0 Å². The van der Waals surface area contributed by atoms with E-state index in [0.717, 1.165) is 12.0 Å². The van der Waals surface area contributed by atoms with E-state index in [-0.39, 0.29) is 5.91 Å². The molecule has 0 unspecified atom stereocenters. The molecule has 0 aliphatic heterocycles. The molecule has 0 aliphatic rings. The van der Waals surface area contributed by atoms with E-state index < -0.39 is 0 Å². The fraction of sp³-hybridized carbons (Fsp3) is 0.174. The molecule has 0 atom stereocenters. The lowest BCUT2D eigenvalue weighted by atomic mass is 10.0. The standard InChI is InChI=1S/C23H23NO/c1-24(23(25)17-14-19-8-4-2-5-9-19)18-20-12-15-22(16-13-20)21-10-6-3-7-11-21/h2-13,15-16H,14,17-18H2,1H3. The van der Waals surface area contributed by atoms with Crippen LogP contribution < -0.4 is 0 Å². The fourth-order valence-corrected chi connectivity index (χ4v) is 2.88. The summed E-state index contributed by atoms with van der Waals surface area (Å²) >= 11 is 0. The Hall–Kier alpha value is -2.87. The third-order valence-electron chi connectivity index (χ3n) is 4.38. The van der Waals surface area contributed by atoms with Gasteiger partial charge in [-0.3, -0.25) is 4.79 Å². The molecular weight excluding hydrogens is 306 g/mol. The number of rotatable bonds is 6. The smallest absolute Gasteiger partial charge is 0.222 e. The van der Waals surface area contributed by atoms with Crippen LogP contribution in [0, 0.1) is 0 Å². The van der Waals surface area contributed by atoms with E-state index >= 15 is 0 Å². The Kier molecular flexibility index (Phi) is 5.63. The molecule has 1 amide bonds. The lowest BCUT2D eigenvalue weighted by molar-refractivity contribution is -0.130. The molecule has 126 valence electrons. The van der Waals surface area contributed by atoms with Crippen molar-refractivity contribution in [1.29, 1.82) is 0 Å². The van der Waals surface area contributed by atoms with Crippen molar-refractivity contribution in [3.05, 3.63) is 96.1 Å². The van der Waals surface area contributed by atoms with E-state index in [1.807, 2.05) is 43.4 Å². The minimum Gasteiger partial charge on any atom is -0.341 e. The molecule has 0 saturated carbocycles. The van der Waals surface area contributed by atoms with Gasteiger partial charge in [-0.15, -0.1) is 0 Å². The Bertz CT molecular complexity index is 795. The summed E-state index contributed by atoms with van der Waals surface area (Å²) in [4.78, 5) is 14.1. The highest BCUT2D eigenvalue weighted by atomic mass is 16.2. The van der Waals surface area contributed by atoms with E-state index in [1.165, 1.54) is 16.7 Å². The van der Waals surface area contributed by atoms with Crippen LogP contribution in [0.25, 0.3) is 11.1 Å². The first-order valence-electron chi connectivity index (χ1n) is 8.64. The van der Waals surface area contributed by atoms with Gasteiger partial charge in [0.2, 0.25) is 5.91 Å². The molecule has 0 radical (unpaired) electrons. The van der Waals surface area contributed by atoms with Gasteiger partial charge in [-0.1, -0.05) is 84.9 Å². The zero-order valence-corrected chi connectivity index (χ0v) is 14.6. The van der Waals surface area contributed by atoms with E-state index in [2.05, 4.69) is 48.5 Å². The molecular formula is C23H23NO. The van der Waals surface area contributed by atoms with Gasteiger partial charge in [0, 0.05) is 20.0 Å². The van der Waals surface area contributed by atoms with Gasteiger partial charge in [0.05, 0.1) is 0 Å². The topological polar surface area (TPSA) is 20.3 Å². The van der Waals surface area contributed by atoms with Gasteiger partial charge in [0.25, 0.3) is 0 Å². The Morgan fingerprint density at radius 2 is 1.28 bits per heavy atom. The quantitative estimate of drug-likeness (QED) is 0.627. The van der Waals surface area contributed by atoms with Gasteiger partial charge >= 0.3 is 0 Å². The number of benzene rings is 3. The fourth-order valence-electron chi connectivity index (χ4n) is 2.88. The summed E-state index contributed by atoms with van der Waals surface area (Å²) in [5.74, 6) is 0.177. The zero-order chi connectivity index (χ0) is 17.5. The van der Waals surface area contributed by atoms with Crippen LogP contribution in [0.15, 0.2) is 84.9 Å². The lowest BCUT2D eigenvalue weighted by Crippen LogP contribution is -2.26. The molecule has 0 aromatic heterocycles. The Labute approximate surface area is 149 Å². The maximum absolute atomic E-state index is 12.3. The molecule has 0 heterocycles. The number of aryl methyl sites for hydroxylation is 1. The normalized spacial score (nSPS) is 10.4. The summed E-state index contributed by atoms with van der Waals surface area (Å²) in [5.41, 5.74) is 4.76. The highest BCUT2D eigenvalue weighted by Crippen LogP contribution is 2.19. The van der Waals surface area contributed by atoms with Crippen molar-refractivity contribution >= 4 is 5.91 Å². The van der Waals surface area contributed by atoms with Gasteiger partial charge in [0.1, 0.15) is 0 Å². The van der Waals surface area contributed by atoms with Crippen molar-refractivity contribution in [3.8, 4) is 11.1 Å². The zero-order valence-electron chi connectivity index (χ0n) is 14.6. The summed E-state index contributed by atoms with van der Waals surface area (Å²) in [7, 11) is 1.87. The summed E-state index contributed by atoms with van der Waals surface area (Å²) < 4.78 is 0. The van der Waals surface area contributed by atoms with Crippen LogP contribution in [0.1, 0.15) is 17.5 Å². The number of nitrogens with zero attached hydrogens (tertiary/aromatic N) is 1. The summed E-state index contributed by atoms with van der Waals surface area (Å²) in [5, 5.41) is 0. The molecule has 0 aliphatic carbocycles. The molecule has 0 fully saturated rings. The highest BCUT2D eigenvalue weighted by Gasteiger charge is 2.09. The molecule has 0 spiro atoms. The molecule has 2 heteroatoms. The van der Waals surface area contributed by atoms with Crippen LogP contribution in [0.5, 0.6) is 0 Å². The van der Waals surface area contributed by atoms with Crippen molar-refractivity contribution < 1.29 is 4.79 Å². The Balaban J connectivity index is 1.55. The molecule has 0 N–H and O–H groups in total. The molecule has 3 rings (SSSR count). The largest absolute Gasteiger partial charge is 0.341 e. The third kappa shape index (κ3) is 4.80. The molecule has 0 bridgehead atoms. The number of carbonyl (C=O) groups is 1. The predicted molar refractivity (Wildman–Crippen MR) is 103 cm³/mol. The minimum absolute atomic E-state index is 0.177. The van der Waals surface area contributed by atoms with Gasteiger partial charge < -0.3 is 4.90 Å². The van der Waals surface area contributed by atoms with Crippen LogP contribution in [0.2, 0.25) is 0 Å². The third-order valence-corrected chi connectivity index (χ3v) is 4.38. The maximum Gasteiger partial charge on any atom is 0.222 e. The Morgan fingerprint density at radius 1 is 0.720 bits per heavy atom. The number of carbonyl (C=O) groups excluding carboxylic acids is 1. The maximum atomic E-state index is 12.3. The summed E-state index contributed by atoms with van der Waals surface area (Å²) in [6, 6.07) is 28.9. The SMILES string of the molecule is CN(Cc1ccc(-c2ccccc2)cc1)C(=O)CCc1ccccc1. The first-order chi connectivity index (χ1) is 12.2. The van der Waals surface area contributed by atoms with Crippen LogP contribution in [0.3, 0.4) is 0 Å². The van der Waals surface area contributed by atoms with E-state index in [4.69, 9.17) is 0 Å². The van der Waals surface area contributed by atoms with Crippen molar-refractivity contribution in [3.63, 3.8) is 0 Å². The second kappa shape index (κ2) is 8.29. The summed E-state index contributed by atoms with van der Waals surface area (Å²) in [6.45, 7) is 0.642. The number of amides is 1. The average molecular weight is 329 g/mol. The summed E-state index contributed by atoms with van der Waals surface area (Å²) in [6.07, 6.45) is 1.33. The minimum atomic E-state index is 0.177. The van der Waals surface area contributed by atoms with Gasteiger partial charge in [-0.2, -0.15) is 0 Å². The van der Waals surface area contributed by atoms with Gasteiger partial charge in [-0.05, 0) is 28.7 Å². The van der Waals surface area contributed by atoms with E-state index in [9.17, 15) is 4.79 Å². The van der Waals surface area contributed by atoms with E-state index in [1.54, 1.807) is 4.90 Å². The monoisotopic (exact) mass is 329 g/mol. The van der Waals surface area contributed by atoms with Crippen molar-refractivity contribution in [2.75, 3.05) is 7.05 Å². The second-order valence-corrected chi connectivity index (χ2v) is 6.30. The first kappa shape index (κ1) is 17.0. The highest BCUT2D eigenvalue weighted by molar-refractivity contribution is 5.76. The number of hydrogen-bond acceptors (Lipinski definition) is 1. The van der Waals surface area contributed by atoms with Crippen LogP contribution in [-0.4, -0.2) is 17.9 Å². The predicted octanol–water partition coefficient (Wildman–Crippen LogP) is 4.94. The first-order valence-corrected chi connectivity index (χ1v) is 8.64. The average Bonchev–Trinajstić information content (AvgIpc) is 2.68. The molecule has 2 nitrogen and oxygen atoms in total. The molecule has 3 aromatic carbocycles. The van der Waals surface area contributed by atoms with Crippen LogP contribution >= 0.6 is 0 Å². The van der Waals surface area contributed by atoms with Gasteiger partial charge in [0.15, 0.2) is 0 Å². The number of hydrogen-bond donors (Lipinski definition) is 0. The van der Waals surface area contributed by atoms with Crippen LogP contribution in [-0.2, 0) is 17.8 Å². The second-order valence-electron chi connectivity index (χ2n) is 6.30. The van der Waals surface area contributed by atoms with Crippen molar-refractivity contribution in [2.45, 2.75) is 19.4 Å².